The van der Waals surface area contributed by atoms with E-state index in [0.717, 1.165) is 59.2 Å². The van der Waals surface area contributed by atoms with Gasteiger partial charge in [0.05, 0.1) is 5.52 Å². The molecule has 2 heterocycles. The summed E-state index contributed by atoms with van der Waals surface area (Å²) in [5.41, 5.74) is 5.12. The van der Waals surface area contributed by atoms with Gasteiger partial charge in [0, 0.05) is 24.2 Å². The minimum atomic E-state index is -0.239. The maximum atomic E-state index is 13.4. The van der Waals surface area contributed by atoms with Crippen LogP contribution in [0, 0.1) is 12.7 Å². The summed E-state index contributed by atoms with van der Waals surface area (Å²) in [5.74, 6) is 0.0659. The van der Waals surface area contributed by atoms with Gasteiger partial charge < -0.3 is 4.74 Å². The normalized spacial score (nSPS) is 15.6. The molecule has 0 aliphatic carbocycles. The Morgan fingerprint density at radius 2 is 1.80 bits per heavy atom. The summed E-state index contributed by atoms with van der Waals surface area (Å²) >= 11 is 6.65. The molecule has 4 heteroatoms. The number of rotatable bonds is 2. The monoisotopic (exact) mass is 355 g/mol. The first-order valence-electron chi connectivity index (χ1n) is 8.57. The summed E-state index contributed by atoms with van der Waals surface area (Å²) in [6.07, 6.45) is 1.85. The lowest BCUT2D eigenvalue weighted by atomic mass is 9.85. The number of pyridine rings is 1. The van der Waals surface area contributed by atoms with Gasteiger partial charge in [-0.3, -0.25) is 0 Å². The van der Waals surface area contributed by atoms with Crippen LogP contribution >= 0.6 is 11.6 Å². The van der Waals surface area contributed by atoms with Crippen molar-refractivity contribution in [2.24, 2.45) is 0 Å². The van der Waals surface area contributed by atoms with Gasteiger partial charge in [0.1, 0.15) is 11.0 Å². The summed E-state index contributed by atoms with van der Waals surface area (Å²) in [5, 5.41) is 1.60. The molecule has 0 unspecified atom stereocenters. The lowest BCUT2D eigenvalue weighted by Crippen LogP contribution is -2.16. The van der Waals surface area contributed by atoms with E-state index in [0.29, 0.717) is 11.1 Å². The maximum absolute atomic E-state index is 13.4. The van der Waals surface area contributed by atoms with Gasteiger partial charge in [0.2, 0.25) is 0 Å². The molecule has 1 aromatic heterocycles. The largest absolute Gasteiger partial charge is 0.381 e. The number of hydrogen-bond acceptors (Lipinski definition) is 2. The second-order valence-corrected chi connectivity index (χ2v) is 6.96. The fourth-order valence-corrected chi connectivity index (χ4v) is 3.99. The Kier molecular flexibility index (Phi) is 4.45. The lowest BCUT2D eigenvalue weighted by Gasteiger charge is -2.26. The van der Waals surface area contributed by atoms with E-state index in [1.54, 1.807) is 0 Å². The van der Waals surface area contributed by atoms with Crippen molar-refractivity contribution in [1.29, 1.82) is 0 Å². The molecule has 0 atom stereocenters. The maximum Gasteiger partial charge on any atom is 0.133 e. The molecule has 4 rings (SSSR count). The van der Waals surface area contributed by atoms with E-state index >= 15 is 0 Å². The summed E-state index contributed by atoms with van der Waals surface area (Å²) in [4.78, 5) is 4.67. The zero-order valence-corrected chi connectivity index (χ0v) is 14.8. The van der Waals surface area contributed by atoms with E-state index in [9.17, 15) is 4.39 Å². The SMILES string of the molecule is Cc1ccc2c(-c3ccc(F)cc3)c(C3CCOCC3)c(Cl)nc2c1. The van der Waals surface area contributed by atoms with Gasteiger partial charge in [-0.15, -0.1) is 0 Å². The predicted octanol–water partition coefficient (Wildman–Crippen LogP) is 5.90. The number of hydrogen-bond donors (Lipinski definition) is 0. The third-order valence-corrected chi connectivity index (χ3v) is 5.18. The Morgan fingerprint density at radius 1 is 1.08 bits per heavy atom. The highest BCUT2D eigenvalue weighted by atomic mass is 35.5. The number of ether oxygens (including phenoxy) is 1. The van der Waals surface area contributed by atoms with Crippen molar-refractivity contribution in [3.8, 4) is 11.1 Å². The van der Waals surface area contributed by atoms with Crippen molar-refractivity contribution in [2.45, 2.75) is 25.7 Å². The third kappa shape index (κ3) is 3.14. The van der Waals surface area contributed by atoms with Crippen LogP contribution in [0.4, 0.5) is 4.39 Å². The molecule has 0 saturated carbocycles. The summed E-state index contributed by atoms with van der Waals surface area (Å²) in [6, 6.07) is 12.9. The van der Waals surface area contributed by atoms with Crippen LogP contribution < -0.4 is 0 Å². The molecule has 0 radical (unpaired) electrons. The van der Waals surface area contributed by atoms with Gasteiger partial charge in [-0.25, -0.2) is 9.37 Å². The molecule has 128 valence electrons. The first-order chi connectivity index (χ1) is 12.1. The van der Waals surface area contributed by atoms with E-state index in [4.69, 9.17) is 16.3 Å². The van der Waals surface area contributed by atoms with E-state index in [1.165, 1.54) is 12.1 Å². The second kappa shape index (κ2) is 6.74. The van der Waals surface area contributed by atoms with Crippen molar-refractivity contribution in [3.63, 3.8) is 0 Å². The fraction of sp³-hybridized carbons (Fsp3) is 0.286. The standard InChI is InChI=1S/C21H19ClFNO/c1-13-2-7-17-18(12-13)24-21(22)20(15-8-10-25-11-9-15)19(17)14-3-5-16(23)6-4-14/h2-7,12,15H,8-11H2,1H3. The molecule has 1 saturated heterocycles. The molecule has 0 spiro atoms. The number of benzene rings is 2. The van der Waals surface area contributed by atoms with Crippen molar-refractivity contribution in [1.82, 2.24) is 4.98 Å². The summed E-state index contributed by atoms with van der Waals surface area (Å²) < 4.78 is 19.0. The van der Waals surface area contributed by atoms with Crippen LogP contribution in [0.2, 0.25) is 5.15 Å². The molecule has 0 amide bonds. The lowest BCUT2D eigenvalue weighted by molar-refractivity contribution is 0.0854. The van der Waals surface area contributed by atoms with Crippen molar-refractivity contribution in [2.75, 3.05) is 13.2 Å². The van der Waals surface area contributed by atoms with Crippen LogP contribution in [0.15, 0.2) is 42.5 Å². The van der Waals surface area contributed by atoms with Crippen LogP contribution in [-0.4, -0.2) is 18.2 Å². The van der Waals surface area contributed by atoms with Crippen molar-refractivity contribution >= 4 is 22.5 Å². The van der Waals surface area contributed by atoms with Crippen LogP contribution in [0.1, 0.15) is 29.9 Å². The van der Waals surface area contributed by atoms with Gasteiger partial charge in [0.25, 0.3) is 0 Å². The van der Waals surface area contributed by atoms with Crippen molar-refractivity contribution < 1.29 is 9.13 Å². The zero-order chi connectivity index (χ0) is 17.4. The smallest absolute Gasteiger partial charge is 0.133 e. The van der Waals surface area contributed by atoms with Gasteiger partial charge in [-0.2, -0.15) is 0 Å². The number of nitrogens with zero attached hydrogens (tertiary/aromatic N) is 1. The molecule has 0 N–H and O–H groups in total. The first kappa shape index (κ1) is 16.5. The first-order valence-corrected chi connectivity index (χ1v) is 8.95. The summed E-state index contributed by atoms with van der Waals surface area (Å²) in [7, 11) is 0. The Labute approximate surface area is 151 Å². The highest BCUT2D eigenvalue weighted by molar-refractivity contribution is 6.31. The zero-order valence-electron chi connectivity index (χ0n) is 14.1. The minimum Gasteiger partial charge on any atom is -0.381 e. The van der Waals surface area contributed by atoms with Gasteiger partial charge in [0.15, 0.2) is 0 Å². The highest BCUT2D eigenvalue weighted by Gasteiger charge is 2.25. The molecule has 25 heavy (non-hydrogen) atoms. The molecule has 1 aliphatic rings. The van der Waals surface area contributed by atoms with E-state index < -0.39 is 0 Å². The van der Waals surface area contributed by atoms with Crippen LogP contribution in [-0.2, 0) is 4.74 Å². The molecule has 3 aromatic rings. The number of halogens is 2. The quantitative estimate of drug-likeness (QED) is 0.534. The van der Waals surface area contributed by atoms with Gasteiger partial charge >= 0.3 is 0 Å². The fourth-order valence-electron chi connectivity index (χ4n) is 3.65. The molecule has 2 nitrogen and oxygen atoms in total. The Morgan fingerprint density at radius 3 is 2.52 bits per heavy atom. The number of aryl methyl sites for hydroxylation is 1. The molecule has 2 aromatic carbocycles. The Bertz CT molecular complexity index is 917. The van der Waals surface area contributed by atoms with Crippen LogP contribution in [0.3, 0.4) is 0 Å². The summed E-state index contributed by atoms with van der Waals surface area (Å²) in [6.45, 7) is 3.50. The van der Waals surface area contributed by atoms with Crippen LogP contribution in [0.25, 0.3) is 22.0 Å². The average molecular weight is 356 g/mol. The molecule has 0 bridgehead atoms. The molecule has 1 fully saturated rings. The van der Waals surface area contributed by atoms with Gasteiger partial charge in [-0.1, -0.05) is 35.9 Å². The van der Waals surface area contributed by atoms with Gasteiger partial charge in [-0.05, 0) is 60.6 Å². The van der Waals surface area contributed by atoms with Crippen LogP contribution in [0.5, 0.6) is 0 Å². The van der Waals surface area contributed by atoms with E-state index in [-0.39, 0.29) is 5.82 Å². The molecular weight excluding hydrogens is 337 g/mol. The second-order valence-electron chi connectivity index (χ2n) is 6.61. The number of aromatic nitrogens is 1. The molecular formula is C21H19ClFNO. The highest BCUT2D eigenvalue weighted by Crippen LogP contribution is 2.42. The third-order valence-electron chi connectivity index (χ3n) is 4.90. The minimum absolute atomic E-state index is 0.239. The van der Waals surface area contributed by atoms with E-state index in [1.807, 2.05) is 25.1 Å². The number of fused-ring (bicyclic) bond motifs is 1. The topological polar surface area (TPSA) is 22.1 Å². The Hall–Kier alpha value is -1.97. The average Bonchev–Trinajstić information content (AvgIpc) is 2.62. The Balaban J connectivity index is 2.01. The predicted molar refractivity (Wildman–Crippen MR) is 99.7 cm³/mol. The van der Waals surface area contributed by atoms with E-state index in [2.05, 4.69) is 17.1 Å². The molecule has 1 aliphatic heterocycles. The van der Waals surface area contributed by atoms with Crippen molar-refractivity contribution in [3.05, 3.63) is 64.6 Å².